The Morgan fingerprint density at radius 2 is 1.97 bits per heavy atom. The minimum atomic E-state index is -0.410. The van der Waals surface area contributed by atoms with Crippen molar-refractivity contribution in [1.29, 1.82) is 0 Å². The third-order valence-electron chi connectivity index (χ3n) is 4.75. The van der Waals surface area contributed by atoms with Crippen LogP contribution in [0.4, 0.5) is 5.69 Å². The number of amides is 1. The van der Waals surface area contributed by atoms with Crippen LogP contribution in [0.5, 0.6) is 5.75 Å². The number of hydrogen-bond donors (Lipinski definition) is 1. The topological polar surface area (TPSA) is 91.0 Å². The average Bonchev–Trinajstić information content (AvgIpc) is 3.40. The molecule has 0 saturated heterocycles. The summed E-state index contributed by atoms with van der Waals surface area (Å²) in [7, 11) is 1.53. The maximum atomic E-state index is 13.3. The van der Waals surface area contributed by atoms with Crippen molar-refractivity contribution in [2.75, 3.05) is 12.4 Å². The molecule has 160 valence electrons. The molecule has 4 aromatic rings. The van der Waals surface area contributed by atoms with Crippen molar-refractivity contribution in [3.63, 3.8) is 0 Å². The average molecular weight is 438 g/mol. The van der Waals surface area contributed by atoms with Crippen molar-refractivity contribution in [3.8, 4) is 16.3 Å². The Kier molecular flexibility index (Phi) is 5.36. The smallest absolute Gasteiger partial charge is 0.293 e. The van der Waals surface area contributed by atoms with Crippen LogP contribution in [-0.4, -0.2) is 32.6 Å². The lowest BCUT2D eigenvalue weighted by molar-refractivity contribution is -0.117. The summed E-state index contributed by atoms with van der Waals surface area (Å²) in [4.78, 5) is 27.0. The summed E-state index contributed by atoms with van der Waals surface area (Å²) in [5, 5.41) is 14.4. The molecule has 8 nitrogen and oxygen atoms in total. The molecule has 0 saturated carbocycles. The van der Waals surface area contributed by atoms with E-state index in [1.54, 1.807) is 29.1 Å². The van der Waals surface area contributed by atoms with Crippen LogP contribution >= 0.6 is 11.3 Å². The van der Waals surface area contributed by atoms with Crippen molar-refractivity contribution in [2.45, 2.75) is 32.9 Å². The van der Waals surface area contributed by atoms with Crippen molar-refractivity contribution < 1.29 is 9.53 Å². The number of nitrogens with one attached hydrogen (secondary N) is 1. The van der Waals surface area contributed by atoms with Gasteiger partial charge < -0.3 is 10.1 Å². The summed E-state index contributed by atoms with van der Waals surface area (Å²) in [6.45, 7) is 5.69. The Morgan fingerprint density at radius 1 is 1.19 bits per heavy atom. The molecule has 4 rings (SSSR count). The monoisotopic (exact) mass is 437 g/mol. The summed E-state index contributed by atoms with van der Waals surface area (Å²) in [6.07, 6.45) is 1.67. The number of carbonyl (C=O) groups excluding carboxylic acids is 1. The number of carbonyl (C=O) groups is 1. The number of ether oxygens (including phenoxy) is 1. The second-order valence-electron chi connectivity index (χ2n) is 8.03. The lowest BCUT2D eigenvalue weighted by Crippen LogP contribution is -2.33. The standard InChI is InChI=1S/C22H23N5O3S/c1-22(2,3)27-20-14(12-23-27)19(17-10-7-11-31-17)25-26(21(20)29)13-18(28)24-15-8-5-6-9-16(15)30-4/h5-12H,13H2,1-4H3,(H,24,28). The fourth-order valence-electron chi connectivity index (χ4n) is 3.35. The van der Waals surface area contributed by atoms with E-state index < -0.39 is 5.54 Å². The Hall–Kier alpha value is -3.46. The molecule has 0 fully saturated rings. The highest BCUT2D eigenvalue weighted by Crippen LogP contribution is 2.30. The van der Waals surface area contributed by atoms with Gasteiger partial charge in [-0.05, 0) is 44.4 Å². The van der Waals surface area contributed by atoms with Crippen LogP contribution in [0.1, 0.15) is 20.8 Å². The van der Waals surface area contributed by atoms with Gasteiger partial charge in [0.25, 0.3) is 5.56 Å². The molecule has 0 atom stereocenters. The van der Waals surface area contributed by atoms with E-state index in [0.29, 0.717) is 28.0 Å². The van der Waals surface area contributed by atoms with Crippen LogP contribution in [0.3, 0.4) is 0 Å². The van der Waals surface area contributed by atoms with Gasteiger partial charge in [-0.3, -0.25) is 14.3 Å². The summed E-state index contributed by atoms with van der Waals surface area (Å²) in [5.74, 6) is 0.161. The van der Waals surface area contributed by atoms with Gasteiger partial charge in [0, 0.05) is 0 Å². The number of rotatable bonds is 5. The number of methoxy groups -OCH3 is 1. The molecule has 1 amide bonds. The highest BCUT2D eigenvalue weighted by atomic mass is 32.1. The van der Waals surface area contributed by atoms with Crippen molar-refractivity contribution in [1.82, 2.24) is 19.6 Å². The van der Waals surface area contributed by atoms with E-state index in [9.17, 15) is 9.59 Å². The SMILES string of the molecule is COc1ccccc1NC(=O)Cn1nc(-c2cccs2)c2cnn(C(C)(C)C)c2c1=O. The van der Waals surface area contributed by atoms with Crippen molar-refractivity contribution in [2.24, 2.45) is 0 Å². The van der Waals surface area contributed by atoms with Crippen LogP contribution < -0.4 is 15.6 Å². The molecular weight excluding hydrogens is 414 g/mol. The molecule has 0 bridgehead atoms. The zero-order valence-corrected chi connectivity index (χ0v) is 18.6. The fourth-order valence-corrected chi connectivity index (χ4v) is 4.08. The quantitative estimate of drug-likeness (QED) is 0.514. The Balaban J connectivity index is 1.79. The molecule has 0 spiro atoms. The van der Waals surface area contributed by atoms with Crippen LogP contribution in [0.2, 0.25) is 0 Å². The molecule has 31 heavy (non-hydrogen) atoms. The molecule has 9 heteroatoms. The number of thiophene rings is 1. The molecule has 0 aliphatic rings. The number of anilines is 1. The van der Waals surface area contributed by atoms with E-state index >= 15 is 0 Å². The molecule has 0 aliphatic heterocycles. The van der Waals surface area contributed by atoms with Crippen molar-refractivity contribution in [3.05, 3.63) is 58.3 Å². The summed E-state index contributed by atoms with van der Waals surface area (Å²) >= 11 is 1.52. The lowest BCUT2D eigenvalue weighted by Gasteiger charge is -2.20. The Labute approximate surface area is 183 Å². The summed E-state index contributed by atoms with van der Waals surface area (Å²) in [5.41, 5.74) is 0.813. The Morgan fingerprint density at radius 3 is 2.65 bits per heavy atom. The maximum Gasteiger partial charge on any atom is 0.293 e. The molecule has 0 radical (unpaired) electrons. The largest absolute Gasteiger partial charge is 0.495 e. The van der Waals surface area contributed by atoms with Gasteiger partial charge >= 0.3 is 0 Å². The molecule has 1 aromatic carbocycles. The van der Waals surface area contributed by atoms with Gasteiger partial charge in [0.05, 0.1) is 34.8 Å². The number of para-hydroxylation sites is 2. The van der Waals surface area contributed by atoms with Crippen molar-refractivity contribution >= 4 is 33.8 Å². The molecule has 1 N–H and O–H groups in total. The third kappa shape index (κ3) is 3.96. The second-order valence-corrected chi connectivity index (χ2v) is 8.97. The third-order valence-corrected chi connectivity index (χ3v) is 5.62. The highest BCUT2D eigenvalue weighted by Gasteiger charge is 2.24. The van der Waals surface area contributed by atoms with Crippen LogP contribution in [0, 0.1) is 0 Å². The molecule has 3 aromatic heterocycles. The number of hydrogen-bond acceptors (Lipinski definition) is 6. The summed E-state index contributed by atoms with van der Waals surface area (Å²) < 4.78 is 8.17. The van der Waals surface area contributed by atoms with E-state index in [0.717, 1.165) is 4.88 Å². The van der Waals surface area contributed by atoms with E-state index in [-0.39, 0.29) is 18.0 Å². The maximum absolute atomic E-state index is 13.3. The Bertz CT molecular complexity index is 1300. The first kappa shape index (κ1) is 20.8. The van der Waals surface area contributed by atoms with E-state index in [1.807, 2.05) is 44.4 Å². The van der Waals surface area contributed by atoms with E-state index in [1.165, 1.54) is 23.1 Å². The van der Waals surface area contributed by atoms with E-state index in [2.05, 4.69) is 15.5 Å². The highest BCUT2D eigenvalue weighted by molar-refractivity contribution is 7.13. The molecule has 0 unspecified atom stereocenters. The number of nitrogens with zero attached hydrogens (tertiary/aromatic N) is 4. The predicted molar refractivity (Wildman–Crippen MR) is 122 cm³/mol. The minimum Gasteiger partial charge on any atom is -0.495 e. The lowest BCUT2D eigenvalue weighted by atomic mass is 10.1. The zero-order valence-electron chi connectivity index (χ0n) is 17.7. The van der Waals surface area contributed by atoms with Crippen LogP contribution in [0.15, 0.2) is 52.8 Å². The zero-order chi connectivity index (χ0) is 22.2. The first-order valence-electron chi connectivity index (χ1n) is 9.75. The number of fused-ring (bicyclic) bond motifs is 1. The van der Waals surface area contributed by atoms with Gasteiger partial charge in [-0.1, -0.05) is 18.2 Å². The van der Waals surface area contributed by atoms with Crippen LogP contribution in [0.25, 0.3) is 21.5 Å². The summed E-state index contributed by atoms with van der Waals surface area (Å²) in [6, 6.07) is 11.0. The predicted octanol–water partition coefficient (Wildman–Crippen LogP) is 3.72. The van der Waals surface area contributed by atoms with Gasteiger partial charge in [0.1, 0.15) is 23.5 Å². The van der Waals surface area contributed by atoms with Gasteiger partial charge in [-0.2, -0.15) is 10.2 Å². The minimum absolute atomic E-state index is 0.236. The number of aromatic nitrogens is 4. The van der Waals surface area contributed by atoms with Gasteiger partial charge in [0.15, 0.2) is 0 Å². The first-order valence-corrected chi connectivity index (χ1v) is 10.6. The second kappa shape index (κ2) is 7.99. The van der Waals surface area contributed by atoms with E-state index in [4.69, 9.17) is 4.74 Å². The fraction of sp³-hybridized carbons (Fsp3) is 0.273. The van der Waals surface area contributed by atoms with Gasteiger partial charge in [-0.15, -0.1) is 11.3 Å². The molecule has 3 heterocycles. The van der Waals surface area contributed by atoms with Crippen LogP contribution in [-0.2, 0) is 16.9 Å². The molecule has 0 aliphatic carbocycles. The van der Waals surface area contributed by atoms with Gasteiger partial charge in [0.2, 0.25) is 5.91 Å². The van der Waals surface area contributed by atoms with Gasteiger partial charge in [-0.25, -0.2) is 4.68 Å². The normalized spacial score (nSPS) is 11.6. The number of benzene rings is 1. The first-order chi connectivity index (χ1) is 14.8. The molecular formula is C22H23N5O3S.